The summed E-state index contributed by atoms with van der Waals surface area (Å²) < 4.78 is 0. The molecule has 0 radical (unpaired) electrons. The molecule has 4 nitrogen and oxygen atoms in total. The number of rotatable bonds is 7. The molecule has 0 atom stereocenters. The lowest BCUT2D eigenvalue weighted by Gasteiger charge is -2.10. The summed E-state index contributed by atoms with van der Waals surface area (Å²) in [5.74, 6) is 1.06. The van der Waals surface area contributed by atoms with E-state index in [-0.39, 0.29) is 0 Å². The zero-order valence-corrected chi connectivity index (χ0v) is 19.1. The minimum Gasteiger partial charge on any atom is -0.354 e. The molecule has 0 aliphatic heterocycles. The van der Waals surface area contributed by atoms with E-state index >= 15 is 0 Å². The Hall–Kier alpha value is -3.66. The fraction of sp³-hybridized carbons (Fsp3) is 0.214. The number of benzene rings is 2. The molecule has 4 rings (SSSR count). The third-order valence-corrected chi connectivity index (χ3v) is 5.52. The molecule has 2 heterocycles. The average molecular weight is 423 g/mol. The fourth-order valence-electron chi connectivity index (χ4n) is 3.47. The van der Waals surface area contributed by atoms with Gasteiger partial charge in [0.1, 0.15) is 0 Å². The first-order valence-electron chi connectivity index (χ1n) is 11.1. The van der Waals surface area contributed by atoms with Crippen molar-refractivity contribution in [3.8, 4) is 11.4 Å². The molecular weight excluding hydrogens is 392 g/mol. The van der Waals surface area contributed by atoms with Crippen molar-refractivity contribution < 1.29 is 0 Å². The Kier molecular flexibility index (Phi) is 6.50. The number of hydrogen-bond donors (Lipinski definition) is 2. The van der Waals surface area contributed by atoms with E-state index in [1.807, 2.05) is 36.7 Å². The van der Waals surface area contributed by atoms with Crippen LogP contribution in [0.3, 0.4) is 0 Å². The zero-order valence-electron chi connectivity index (χ0n) is 19.1. The Bertz CT molecular complexity index is 1030. The second-order valence-electron chi connectivity index (χ2n) is 8.67. The maximum atomic E-state index is 4.59. The maximum Gasteiger partial charge on any atom is 0.0887 e. The summed E-state index contributed by atoms with van der Waals surface area (Å²) in [4.78, 5) is 9.17. The molecule has 2 N–H and O–H groups in total. The molecule has 2 aromatic heterocycles. The Morgan fingerprint density at radius 3 is 1.09 bits per heavy atom. The van der Waals surface area contributed by atoms with Crippen LogP contribution in [0.1, 0.15) is 50.7 Å². The smallest absolute Gasteiger partial charge is 0.0887 e. The topological polar surface area (TPSA) is 49.8 Å². The van der Waals surface area contributed by atoms with Gasteiger partial charge in [0.2, 0.25) is 0 Å². The van der Waals surface area contributed by atoms with Gasteiger partial charge in [-0.3, -0.25) is 9.97 Å². The summed E-state index contributed by atoms with van der Waals surface area (Å²) >= 11 is 0. The third-order valence-electron chi connectivity index (χ3n) is 5.52. The van der Waals surface area contributed by atoms with Gasteiger partial charge in [0.05, 0.1) is 35.2 Å². The fourth-order valence-corrected chi connectivity index (χ4v) is 3.47. The molecule has 0 amide bonds. The number of aromatic nitrogens is 2. The van der Waals surface area contributed by atoms with Crippen molar-refractivity contribution in [3.63, 3.8) is 0 Å². The van der Waals surface area contributed by atoms with Crippen LogP contribution < -0.4 is 10.6 Å². The summed E-state index contributed by atoms with van der Waals surface area (Å²) in [5.41, 5.74) is 8.37. The van der Waals surface area contributed by atoms with Gasteiger partial charge in [-0.05, 0) is 71.5 Å². The highest BCUT2D eigenvalue weighted by atomic mass is 14.9. The molecule has 0 aliphatic rings. The van der Waals surface area contributed by atoms with Crippen LogP contribution in [0, 0.1) is 0 Å². The molecule has 0 fully saturated rings. The number of nitrogens with zero attached hydrogens (tertiary/aromatic N) is 2. The normalized spacial score (nSPS) is 11.1. The Labute approximate surface area is 190 Å². The van der Waals surface area contributed by atoms with Crippen molar-refractivity contribution in [1.29, 1.82) is 0 Å². The Balaban J connectivity index is 1.39. The van der Waals surface area contributed by atoms with E-state index in [9.17, 15) is 0 Å². The second kappa shape index (κ2) is 9.65. The lowest BCUT2D eigenvalue weighted by atomic mass is 10.0. The Morgan fingerprint density at radius 2 is 0.812 bits per heavy atom. The van der Waals surface area contributed by atoms with Crippen molar-refractivity contribution >= 4 is 22.7 Å². The van der Waals surface area contributed by atoms with Gasteiger partial charge in [-0.1, -0.05) is 52.0 Å². The molecule has 0 saturated heterocycles. The number of pyridine rings is 2. The minimum absolute atomic E-state index is 0.532. The van der Waals surface area contributed by atoms with E-state index in [0.29, 0.717) is 11.8 Å². The molecule has 32 heavy (non-hydrogen) atoms. The van der Waals surface area contributed by atoms with E-state index < -0.39 is 0 Å². The first-order chi connectivity index (χ1) is 15.5. The molecule has 2 aromatic carbocycles. The first kappa shape index (κ1) is 21.6. The SMILES string of the molecule is CC(C)c1ccc(Nc2ccc(-c3ccc(Nc4ccc(C(C)C)cc4)cn3)nc2)cc1. The summed E-state index contributed by atoms with van der Waals surface area (Å²) in [7, 11) is 0. The average Bonchev–Trinajstić information content (AvgIpc) is 2.81. The van der Waals surface area contributed by atoms with Gasteiger partial charge >= 0.3 is 0 Å². The molecular formula is C28H30N4. The highest BCUT2D eigenvalue weighted by molar-refractivity contribution is 5.65. The van der Waals surface area contributed by atoms with Crippen LogP contribution >= 0.6 is 0 Å². The van der Waals surface area contributed by atoms with Gasteiger partial charge in [0.25, 0.3) is 0 Å². The van der Waals surface area contributed by atoms with Crippen LogP contribution in [-0.4, -0.2) is 9.97 Å². The highest BCUT2D eigenvalue weighted by Crippen LogP contribution is 2.24. The zero-order chi connectivity index (χ0) is 22.5. The van der Waals surface area contributed by atoms with Gasteiger partial charge < -0.3 is 10.6 Å². The number of anilines is 4. The third kappa shape index (κ3) is 5.33. The van der Waals surface area contributed by atoms with Gasteiger partial charge in [-0.25, -0.2) is 0 Å². The Morgan fingerprint density at radius 1 is 0.469 bits per heavy atom. The van der Waals surface area contributed by atoms with Crippen LogP contribution in [-0.2, 0) is 0 Å². The lowest BCUT2D eigenvalue weighted by molar-refractivity contribution is 0.867. The van der Waals surface area contributed by atoms with E-state index in [4.69, 9.17) is 0 Å². The molecule has 0 bridgehead atoms. The van der Waals surface area contributed by atoms with E-state index in [1.165, 1.54) is 11.1 Å². The summed E-state index contributed by atoms with van der Waals surface area (Å²) in [6.07, 6.45) is 3.69. The van der Waals surface area contributed by atoms with Crippen molar-refractivity contribution in [2.75, 3.05) is 10.6 Å². The molecule has 0 saturated carbocycles. The maximum absolute atomic E-state index is 4.59. The predicted molar refractivity (Wildman–Crippen MR) is 135 cm³/mol. The summed E-state index contributed by atoms with van der Waals surface area (Å²) in [6.45, 7) is 8.80. The van der Waals surface area contributed by atoms with Gasteiger partial charge in [-0.2, -0.15) is 0 Å². The molecule has 4 heteroatoms. The lowest BCUT2D eigenvalue weighted by Crippen LogP contribution is -1.95. The van der Waals surface area contributed by atoms with E-state index in [2.05, 4.69) is 96.8 Å². The van der Waals surface area contributed by atoms with Crippen molar-refractivity contribution in [2.24, 2.45) is 0 Å². The monoisotopic (exact) mass is 422 g/mol. The number of nitrogens with one attached hydrogen (secondary N) is 2. The van der Waals surface area contributed by atoms with Crippen LogP contribution in [0.25, 0.3) is 11.4 Å². The van der Waals surface area contributed by atoms with Gasteiger partial charge in [-0.15, -0.1) is 0 Å². The first-order valence-corrected chi connectivity index (χ1v) is 11.1. The standard InChI is InChI=1S/C28H30N4/c1-19(2)21-5-9-23(10-6-21)31-25-13-15-27(29-17-25)28-16-14-26(18-30-28)32-24-11-7-22(8-12-24)20(3)4/h5-20,31-32H,1-4H3. The van der Waals surface area contributed by atoms with Gasteiger partial charge in [0.15, 0.2) is 0 Å². The second-order valence-corrected chi connectivity index (χ2v) is 8.67. The van der Waals surface area contributed by atoms with Crippen LogP contribution in [0.2, 0.25) is 0 Å². The largest absolute Gasteiger partial charge is 0.354 e. The van der Waals surface area contributed by atoms with E-state index in [0.717, 1.165) is 34.1 Å². The molecule has 162 valence electrons. The molecule has 0 spiro atoms. The summed E-state index contributed by atoms with van der Waals surface area (Å²) in [5, 5.41) is 6.81. The quantitative estimate of drug-likeness (QED) is 0.318. The van der Waals surface area contributed by atoms with Crippen LogP contribution in [0.5, 0.6) is 0 Å². The van der Waals surface area contributed by atoms with Crippen molar-refractivity contribution in [3.05, 3.63) is 96.3 Å². The molecule has 0 unspecified atom stereocenters. The van der Waals surface area contributed by atoms with Crippen molar-refractivity contribution in [2.45, 2.75) is 39.5 Å². The molecule has 4 aromatic rings. The van der Waals surface area contributed by atoms with E-state index in [1.54, 1.807) is 0 Å². The highest BCUT2D eigenvalue weighted by Gasteiger charge is 2.04. The van der Waals surface area contributed by atoms with Gasteiger partial charge in [0, 0.05) is 11.4 Å². The minimum atomic E-state index is 0.532. The molecule has 0 aliphatic carbocycles. The predicted octanol–water partition coefficient (Wildman–Crippen LogP) is 7.88. The van der Waals surface area contributed by atoms with Crippen LogP contribution in [0.4, 0.5) is 22.7 Å². The van der Waals surface area contributed by atoms with Crippen LogP contribution in [0.15, 0.2) is 85.2 Å². The van der Waals surface area contributed by atoms with Crippen molar-refractivity contribution in [1.82, 2.24) is 9.97 Å². The number of hydrogen-bond acceptors (Lipinski definition) is 4. The summed E-state index contributed by atoms with van der Waals surface area (Å²) in [6, 6.07) is 25.1.